The molecule has 12 heteroatoms. The van der Waals surface area contributed by atoms with E-state index >= 15 is 0 Å². The molecule has 2 aromatic carbocycles. The molecular formula is C25H34BrClN4O4SSi. The van der Waals surface area contributed by atoms with Gasteiger partial charge in [-0.05, 0) is 71.2 Å². The molecule has 1 aliphatic rings. The first kappa shape index (κ1) is 30.0. The third kappa shape index (κ3) is 7.30. The van der Waals surface area contributed by atoms with Crippen LogP contribution in [0.3, 0.4) is 0 Å². The van der Waals surface area contributed by atoms with Gasteiger partial charge in [0.2, 0.25) is 0 Å². The molecule has 0 amide bonds. The fourth-order valence-electron chi connectivity index (χ4n) is 3.57. The number of benzene rings is 2. The number of hydrogen-bond donors (Lipinski definition) is 1. The zero-order valence-electron chi connectivity index (χ0n) is 22.0. The van der Waals surface area contributed by atoms with E-state index in [9.17, 15) is 8.42 Å². The molecule has 202 valence electrons. The summed E-state index contributed by atoms with van der Waals surface area (Å²) in [6.45, 7) is 11.3. The lowest BCUT2D eigenvalue weighted by atomic mass is 10.2. The summed E-state index contributed by atoms with van der Waals surface area (Å²) in [7, 11) is -5.02. The van der Waals surface area contributed by atoms with E-state index in [1.54, 1.807) is 18.2 Å². The van der Waals surface area contributed by atoms with E-state index in [2.05, 4.69) is 57.5 Å². The minimum absolute atomic E-state index is 0.0467. The zero-order valence-corrected chi connectivity index (χ0v) is 26.2. The third-order valence-electron chi connectivity index (χ3n) is 6.64. The molecule has 0 radical (unpaired) electrons. The summed E-state index contributed by atoms with van der Waals surface area (Å²) >= 11 is 9.99. The molecule has 2 aromatic rings. The lowest BCUT2D eigenvalue weighted by Gasteiger charge is -2.37. The van der Waals surface area contributed by atoms with E-state index in [1.807, 2.05) is 37.4 Å². The average Bonchev–Trinajstić information content (AvgIpc) is 3.21. The minimum atomic E-state index is -4.12. The van der Waals surface area contributed by atoms with Crippen LogP contribution in [-0.2, 0) is 14.8 Å². The first-order chi connectivity index (χ1) is 17.3. The highest BCUT2D eigenvalue weighted by Crippen LogP contribution is 2.45. The Bertz CT molecular complexity index is 1290. The van der Waals surface area contributed by atoms with E-state index in [0.717, 1.165) is 17.3 Å². The molecule has 0 aliphatic carbocycles. The topological polar surface area (TPSA) is 92.6 Å². The number of halogens is 2. The number of rotatable bonds is 9. The van der Waals surface area contributed by atoms with Crippen LogP contribution in [0.15, 0.2) is 55.8 Å². The Morgan fingerprint density at radius 2 is 1.86 bits per heavy atom. The number of hydrazine groups is 1. The van der Waals surface area contributed by atoms with Gasteiger partial charge in [0, 0.05) is 24.2 Å². The highest BCUT2D eigenvalue weighted by atomic mass is 79.9. The second-order valence-corrected chi connectivity index (χ2v) is 18.0. The molecule has 1 saturated heterocycles. The molecule has 0 aromatic heterocycles. The van der Waals surface area contributed by atoms with E-state index in [4.69, 9.17) is 20.8 Å². The Morgan fingerprint density at radius 1 is 1.19 bits per heavy atom. The number of methoxy groups -OCH3 is 1. The fraction of sp³-hybridized carbons (Fsp3) is 0.480. The first-order valence-corrected chi connectivity index (χ1v) is 17.5. The van der Waals surface area contributed by atoms with Gasteiger partial charge in [-0.25, -0.2) is 13.4 Å². The van der Waals surface area contributed by atoms with E-state index in [-0.39, 0.29) is 32.4 Å². The standard InChI is InChI=1S/C25H34BrClN4O4SSi/c1-25(2,3)37(5,6)35-23-22(29-17-28-21-12-8-7-11-19(21)26)14-13-20(27)24(23)36(32,33)30-31-15-9-10-18(31)16-34-4/h7-8,11-14,18,30H,9-10,15-16H2,1-6H3. The zero-order chi connectivity index (χ0) is 27.4. The summed E-state index contributed by atoms with van der Waals surface area (Å²) in [5.74, 6) is 0.101. The van der Waals surface area contributed by atoms with Gasteiger partial charge >= 0.3 is 0 Å². The molecule has 37 heavy (non-hydrogen) atoms. The van der Waals surface area contributed by atoms with Crippen LogP contribution >= 0.6 is 27.5 Å². The minimum Gasteiger partial charge on any atom is -0.541 e. The summed E-state index contributed by atoms with van der Waals surface area (Å²) < 4.78 is 40.2. The number of para-hydroxylation sites is 1. The number of hydrogen-bond acceptors (Lipinski definition) is 7. The van der Waals surface area contributed by atoms with E-state index in [1.165, 1.54) is 6.07 Å². The van der Waals surface area contributed by atoms with Gasteiger partial charge < -0.3 is 9.16 Å². The number of aliphatic imine (C=N–C) groups is 2. The monoisotopic (exact) mass is 628 g/mol. The van der Waals surface area contributed by atoms with Crippen LogP contribution in [0.25, 0.3) is 0 Å². The van der Waals surface area contributed by atoms with Crippen molar-refractivity contribution in [3.05, 3.63) is 45.9 Å². The summed E-state index contributed by atoms with van der Waals surface area (Å²) in [5, 5.41) is 1.53. The lowest BCUT2D eigenvalue weighted by Crippen LogP contribution is -2.47. The van der Waals surface area contributed by atoms with Gasteiger partial charge in [-0.1, -0.05) is 44.5 Å². The van der Waals surface area contributed by atoms with Crippen LogP contribution in [0.2, 0.25) is 23.2 Å². The van der Waals surface area contributed by atoms with Gasteiger partial charge in [0.15, 0.2) is 5.75 Å². The summed E-state index contributed by atoms with van der Waals surface area (Å²) in [5.41, 5.74) is 0.917. The van der Waals surface area contributed by atoms with E-state index < -0.39 is 18.3 Å². The maximum absolute atomic E-state index is 13.8. The number of nitrogens with zero attached hydrogens (tertiary/aromatic N) is 3. The molecule has 0 saturated carbocycles. The van der Waals surface area contributed by atoms with Crippen LogP contribution in [0, 0.1) is 0 Å². The molecule has 0 bridgehead atoms. The van der Waals surface area contributed by atoms with Crippen molar-refractivity contribution in [2.75, 3.05) is 20.3 Å². The molecule has 0 spiro atoms. The predicted octanol–water partition coefficient (Wildman–Crippen LogP) is 6.93. The SMILES string of the molecule is COCC1CCCN1NS(=O)(=O)c1c(Cl)ccc(N=C=Nc2ccccc2Br)c1O[Si](C)(C)C(C)(C)C. The third-order valence-corrected chi connectivity index (χ3v) is 13.5. The lowest BCUT2D eigenvalue weighted by molar-refractivity contribution is 0.104. The molecule has 1 N–H and O–H groups in total. The van der Waals surface area contributed by atoms with Gasteiger partial charge in [-0.15, -0.1) is 4.83 Å². The molecule has 1 fully saturated rings. The van der Waals surface area contributed by atoms with Crippen molar-refractivity contribution in [3.63, 3.8) is 0 Å². The van der Waals surface area contributed by atoms with E-state index in [0.29, 0.717) is 18.8 Å². The van der Waals surface area contributed by atoms with Crippen LogP contribution in [-0.4, -0.2) is 54.1 Å². The summed E-state index contributed by atoms with van der Waals surface area (Å²) in [4.78, 5) is 11.2. The Hall–Kier alpha value is -1.56. The molecule has 8 nitrogen and oxygen atoms in total. The first-order valence-electron chi connectivity index (χ1n) is 12.0. The number of sulfonamides is 1. The van der Waals surface area contributed by atoms with Crippen molar-refractivity contribution in [1.82, 2.24) is 9.84 Å². The van der Waals surface area contributed by atoms with Crippen molar-refractivity contribution in [2.45, 2.75) is 62.7 Å². The molecular weight excluding hydrogens is 596 g/mol. The molecule has 1 unspecified atom stereocenters. The van der Waals surface area contributed by atoms with Crippen LogP contribution in [0.4, 0.5) is 11.4 Å². The van der Waals surface area contributed by atoms with Gasteiger partial charge in [-0.2, -0.15) is 9.98 Å². The second-order valence-electron chi connectivity index (χ2n) is 10.4. The van der Waals surface area contributed by atoms with Crippen LogP contribution in [0.5, 0.6) is 5.75 Å². The number of nitrogens with one attached hydrogen (secondary N) is 1. The van der Waals surface area contributed by atoms with Crippen LogP contribution < -0.4 is 9.26 Å². The summed E-state index contributed by atoms with van der Waals surface area (Å²) in [6.07, 6.45) is 1.68. The molecule has 3 rings (SSSR count). The number of ether oxygens (including phenoxy) is 1. The van der Waals surface area contributed by atoms with Gasteiger partial charge in [0.05, 0.1) is 17.3 Å². The van der Waals surface area contributed by atoms with Crippen molar-refractivity contribution in [3.8, 4) is 5.75 Å². The molecule has 1 aliphatic heterocycles. The maximum Gasteiger partial charge on any atom is 0.258 e. The van der Waals surface area contributed by atoms with Crippen LogP contribution in [0.1, 0.15) is 33.6 Å². The van der Waals surface area contributed by atoms with Gasteiger partial charge in [0.25, 0.3) is 18.3 Å². The molecule has 1 atom stereocenters. The van der Waals surface area contributed by atoms with Gasteiger partial charge in [-0.3, -0.25) is 0 Å². The smallest absolute Gasteiger partial charge is 0.258 e. The van der Waals surface area contributed by atoms with Crippen molar-refractivity contribution < 1.29 is 17.6 Å². The second kappa shape index (κ2) is 12.1. The highest BCUT2D eigenvalue weighted by Gasteiger charge is 2.42. The Morgan fingerprint density at radius 3 is 2.51 bits per heavy atom. The Balaban J connectivity index is 2.13. The summed E-state index contributed by atoms with van der Waals surface area (Å²) in [6, 6.07) is 13.2. The fourth-order valence-corrected chi connectivity index (χ4v) is 6.85. The predicted molar refractivity (Wildman–Crippen MR) is 155 cm³/mol. The Kier molecular flexibility index (Phi) is 9.80. The largest absolute Gasteiger partial charge is 0.541 e. The normalized spacial score (nSPS) is 16.9. The highest BCUT2D eigenvalue weighted by molar-refractivity contribution is 9.10. The Labute approximate surface area is 234 Å². The molecule has 1 heterocycles. The van der Waals surface area contributed by atoms with Crippen molar-refractivity contribution in [1.29, 1.82) is 0 Å². The quantitative estimate of drug-likeness (QED) is 0.240. The van der Waals surface area contributed by atoms with Crippen molar-refractivity contribution in [2.24, 2.45) is 9.98 Å². The maximum atomic E-state index is 13.8. The average molecular weight is 630 g/mol. The van der Waals surface area contributed by atoms with Gasteiger partial charge in [0.1, 0.15) is 16.6 Å². The van der Waals surface area contributed by atoms with Crippen molar-refractivity contribution >= 4 is 63.3 Å².